The van der Waals surface area contributed by atoms with Crippen molar-refractivity contribution in [2.24, 2.45) is 0 Å². The quantitative estimate of drug-likeness (QED) is 0.852. The molecule has 1 heterocycles. The number of aromatic nitrogens is 1. The van der Waals surface area contributed by atoms with Gasteiger partial charge >= 0.3 is 12.1 Å². The first kappa shape index (κ1) is 16.0. The summed E-state index contributed by atoms with van der Waals surface area (Å²) in [5.41, 5.74) is 1.26. The number of carbonyl (C=O) groups excluding carboxylic acids is 2. The first-order valence-electron chi connectivity index (χ1n) is 6.82. The maximum Gasteiger partial charge on any atom is 0.413 e. The van der Waals surface area contributed by atoms with Gasteiger partial charge in [-0.3, -0.25) is 5.32 Å². The second kappa shape index (κ2) is 7.56. The molecule has 0 bridgehead atoms. The SMILES string of the molecule is CCOC(=O)Nc1nc(-c2ccccc2)c(C(=O)OCC)s1. The van der Waals surface area contributed by atoms with Gasteiger partial charge in [-0.1, -0.05) is 41.7 Å². The topological polar surface area (TPSA) is 77.5 Å². The van der Waals surface area contributed by atoms with Crippen molar-refractivity contribution in [1.82, 2.24) is 4.98 Å². The van der Waals surface area contributed by atoms with E-state index < -0.39 is 12.1 Å². The van der Waals surface area contributed by atoms with Crippen LogP contribution in [-0.4, -0.2) is 30.3 Å². The lowest BCUT2D eigenvalue weighted by Crippen LogP contribution is -2.12. The van der Waals surface area contributed by atoms with Crippen molar-refractivity contribution in [3.8, 4) is 11.3 Å². The molecule has 1 aromatic heterocycles. The predicted octanol–water partition coefficient (Wildman–Crippen LogP) is 3.56. The van der Waals surface area contributed by atoms with Gasteiger partial charge in [0.15, 0.2) is 5.13 Å². The molecule has 1 aromatic carbocycles. The number of anilines is 1. The Morgan fingerprint density at radius 1 is 1.14 bits per heavy atom. The third-order valence-electron chi connectivity index (χ3n) is 2.62. The van der Waals surface area contributed by atoms with Crippen LogP contribution in [0.25, 0.3) is 11.3 Å². The van der Waals surface area contributed by atoms with Crippen LogP contribution in [0.5, 0.6) is 0 Å². The average Bonchev–Trinajstić information content (AvgIpc) is 2.92. The number of benzene rings is 1. The van der Waals surface area contributed by atoms with Crippen molar-refractivity contribution in [2.75, 3.05) is 18.5 Å². The Hall–Kier alpha value is -2.41. The van der Waals surface area contributed by atoms with Crippen LogP contribution in [0.2, 0.25) is 0 Å². The summed E-state index contributed by atoms with van der Waals surface area (Å²) < 4.78 is 9.85. The zero-order valence-electron chi connectivity index (χ0n) is 12.3. The minimum absolute atomic E-state index is 0.257. The molecule has 2 aromatic rings. The zero-order chi connectivity index (χ0) is 15.9. The monoisotopic (exact) mass is 320 g/mol. The fourth-order valence-corrected chi connectivity index (χ4v) is 2.62. The van der Waals surface area contributed by atoms with Gasteiger partial charge < -0.3 is 9.47 Å². The molecule has 7 heteroatoms. The first-order valence-corrected chi connectivity index (χ1v) is 7.64. The summed E-state index contributed by atoms with van der Waals surface area (Å²) in [6.07, 6.45) is -0.605. The molecule has 0 aliphatic rings. The van der Waals surface area contributed by atoms with E-state index >= 15 is 0 Å². The van der Waals surface area contributed by atoms with Crippen molar-refractivity contribution >= 4 is 28.5 Å². The standard InChI is InChI=1S/C15H16N2O4S/c1-3-20-13(18)12-11(10-8-6-5-7-9-10)16-14(22-12)17-15(19)21-4-2/h5-9H,3-4H2,1-2H3,(H,16,17,19). The Labute approximate surface area is 132 Å². The second-order valence-electron chi connectivity index (χ2n) is 4.13. The fraction of sp³-hybridized carbons (Fsp3) is 0.267. The molecule has 0 saturated heterocycles. The molecule has 6 nitrogen and oxygen atoms in total. The van der Waals surface area contributed by atoms with Crippen molar-refractivity contribution in [1.29, 1.82) is 0 Å². The molecule has 1 amide bonds. The number of nitrogens with zero attached hydrogens (tertiary/aromatic N) is 1. The van der Waals surface area contributed by atoms with Crippen LogP contribution in [0.4, 0.5) is 9.93 Å². The van der Waals surface area contributed by atoms with E-state index in [2.05, 4.69) is 10.3 Å². The van der Waals surface area contributed by atoms with E-state index in [4.69, 9.17) is 9.47 Å². The Kier molecular flexibility index (Phi) is 5.48. The number of ether oxygens (including phenoxy) is 2. The van der Waals surface area contributed by atoms with Gasteiger partial charge in [0.2, 0.25) is 0 Å². The van der Waals surface area contributed by atoms with Gasteiger partial charge in [-0.25, -0.2) is 14.6 Å². The lowest BCUT2D eigenvalue weighted by molar-refractivity contribution is 0.0532. The molecule has 0 aliphatic heterocycles. The molecule has 0 aliphatic carbocycles. The van der Waals surface area contributed by atoms with Gasteiger partial charge in [0.1, 0.15) is 4.88 Å². The molecule has 2 rings (SSSR count). The number of rotatable bonds is 5. The van der Waals surface area contributed by atoms with Gasteiger partial charge in [0, 0.05) is 5.56 Å². The van der Waals surface area contributed by atoms with Gasteiger partial charge in [0.05, 0.1) is 18.9 Å². The molecule has 0 spiro atoms. The summed E-state index contributed by atoms with van der Waals surface area (Å²) in [5.74, 6) is -0.462. The average molecular weight is 320 g/mol. The van der Waals surface area contributed by atoms with Crippen LogP contribution in [0, 0.1) is 0 Å². The van der Waals surface area contributed by atoms with Gasteiger partial charge in [-0.2, -0.15) is 0 Å². The first-order chi connectivity index (χ1) is 10.7. The highest BCUT2D eigenvalue weighted by atomic mass is 32.1. The molecule has 0 fully saturated rings. The summed E-state index contributed by atoms with van der Waals surface area (Å²) in [6.45, 7) is 3.97. The Morgan fingerprint density at radius 2 is 1.82 bits per heavy atom. The molecule has 0 radical (unpaired) electrons. The van der Waals surface area contributed by atoms with Crippen LogP contribution >= 0.6 is 11.3 Å². The molecule has 0 saturated carbocycles. The van der Waals surface area contributed by atoms with Crippen molar-refractivity contribution < 1.29 is 19.1 Å². The molecular weight excluding hydrogens is 304 g/mol. The second-order valence-corrected chi connectivity index (χ2v) is 5.13. The predicted molar refractivity (Wildman–Crippen MR) is 84.2 cm³/mol. The van der Waals surface area contributed by atoms with Crippen molar-refractivity contribution in [3.05, 3.63) is 35.2 Å². The number of carbonyl (C=O) groups is 2. The smallest absolute Gasteiger partial charge is 0.413 e. The number of nitrogens with one attached hydrogen (secondary N) is 1. The van der Waals surface area contributed by atoms with Crippen molar-refractivity contribution in [2.45, 2.75) is 13.8 Å². The zero-order valence-corrected chi connectivity index (χ0v) is 13.1. The van der Waals surface area contributed by atoms with Gasteiger partial charge in [-0.15, -0.1) is 0 Å². The number of hydrogen-bond acceptors (Lipinski definition) is 6. The van der Waals surface area contributed by atoms with Crippen molar-refractivity contribution in [3.63, 3.8) is 0 Å². The van der Waals surface area contributed by atoms with E-state index in [0.29, 0.717) is 15.7 Å². The molecule has 22 heavy (non-hydrogen) atoms. The van der Waals surface area contributed by atoms with Crippen LogP contribution in [0.1, 0.15) is 23.5 Å². The van der Waals surface area contributed by atoms with Crippen LogP contribution < -0.4 is 5.32 Å². The molecule has 0 atom stereocenters. The molecule has 1 N–H and O–H groups in total. The maximum absolute atomic E-state index is 12.1. The van der Waals surface area contributed by atoms with Crippen LogP contribution in [-0.2, 0) is 9.47 Å². The number of esters is 1. The highest BCUT2D eigenvalue weighted by Gasteiger charge is 2.21. The number of thiazole rings is 1. The Bertz CT molecular complexity index is 655. The fourth-order valence-electron chi connectivity index (χ4n) is 1.75. The van der Waals surface area contributed by atoms with E-state index in [0.717, 1.165) is 16.9 Å². The summed E-state index contributed by atoms with van der Waals surface area (Å²) in [5, 5.41) is 2.80. The normalized spacial score (nSPS) is 10.1. The Balaban J connectivity index is 2.35. The number of amides is 1. The van der Waals surface area contributed by atoms with Gasteiger partial charge in [0.25, 0.3) is 0 Å². The lowest BCUT2D eigenvalue weighted by atomic mass is 10.1. The maximum atomic E-state index is 12.1. The summed E-state index contributed by atoms with van der Waals surface area (Å²) in [7, 11) is 0. The highest BCUT2D eigenvalue weighted by Crippen LogP contribution is 2.31. The van der Waals surface area contributed by atoms with E-state index in [1.54, 1.807) is 13.8 Å². The molecule has 116 valence electrons. The van der Waals surface area contributed by atoms with E-state index in [1.807, 2.05) is 30.3 Å². The highest BCUT2D eigenvalue weighted by molar-refractivity contribution is 7.18. The lowest BCUT2D eigenvalue weighted by Gasteiger charge is -2.01. The third-order valence-corrected chi connectivity index (χ3v) is 3.57. The minimum atomic E-state index is -0.605. The third kappa shape index (κ3) is 3.82. The summed E-state index contributed by atoms with van der Waals surface area (Å²) in [4.78, 5) is 28.2. The molecule has 0 unspecified atom stereocenters. The van der Waals surface area contributed by atoms with E-state index in [1.165, 1.54) is 0 Å². The minimum Gasteiger partial charge on any atom is -0.462 e. The summed E-state index contributed by atoms with van der Waals surface area (Å²) >= 11 is 1.06. The Morgan fingerprint density at radius 3 is 2.45 bits per heavy atom. The number of hydrogen-bond donors (Lipinski definition) is 1. The van der Waals surface area contributed by atoms with E-state index in [-0.39, 0.29) is 13.2 Å². The van der Waals surface area contributed by atoms with Crippen LogP contribution in [0.15, 0.2) is 30.3 Å². The summed E-state index contributed by atoms with van der Waals surface area (Å²) in [6, 6.07) is 9.25. The largest absolute Gasteiger partial charge is 0.462 e. The van der Waals surface area contributed by atoms with Gasteiger partial charge in [-0.05, 0) is 13.8 Å². The van der Waals surface area contributed by atoms with E-state index in [9.17, 15) is 9.59 Å². The molecular formula is C15H16N2O4S. The van der Waals surface area contributed by atoms with Crippen LogP contribution in [0.3, 0.4) is 0 Å².